The fourth-order valence-electron chi connectivity index (χ4n) is 4.80. The Balaban J connectivity index is 1.03. The molecule has 2 saturated carbocycles. The van der Waals surface area contributed by atoms with Crippen molar-refractivity contribution in [2.45, 2.75) is 43.5 Å². The Morgan fingerprint density at radius 1 is 1.19 bits per heavy atom. The van der Waals surface area contributed by atoms with Crippen LogP contribution in [0.3, 0.4) is 0 Å². The van der Waals surface area contributed by atoms with Crippen LogP contribution in [0.2, 0.25) is 0 Å². The number of cyclic esters (lactones) is 1. The predicted molar refractivity (Wildman–Crippen MR) is 84.9 cm³/mol. The van der Waals surface area contributed by atoms with Gasteiger partial charge in [-0.05, 0) is 25.7 Å². The Morgan fingerprint density at radius 3 is 2.33 bits per heavy atom. The summed E-state index contributed by atoms with van der Waals surface area (Å²) in [5, 5.41) is 2.74. The summed E-state index contributed by atoms with van der Waals surface area (Å²) in [6, 6.07) is -0.0502. The summed E-state index contributed by atoms with van der Waals surface area (Å²) < 4.78 is 49.2. The van der Waals surface area contributed by atoms with Crippen LogP contribution >= 0.6 is 0 Å². The maximum absolute atomic E-state index is 12.9. The molecule has 3 heterocycles. The van der Waals surface area contributed by atoms with E-state index in [1.54, 1.807) is 9.80 Å². The summed E-state index contributed by atoms with van der Waals surface area (Å²) in [5.74, 6) is 0. The first-order valence-corrected chi connectivity index (χ1v) is 9.31. The second-order valence-electron chi connectivity index (χ2n) is 9.10. The average Bonchev–Trinajstić information content (AvgIpc) is 3.18. The van der Waals surface area contributed by atoms with Crippen LogP contribution in [0, 0.1) is 10.8 Å². The van der Waals surface area contributed by atoms with Crippen LogP contribution in [0.1, 0.15) is 25.7 Å². The van der Waals surface area contributed by atoms with Gasteiger partial charge in [-0.1, -0.05) is 0 Å². The molecule has 5 aliphatic rings. The van der Waals surface area contributed by atoms with Crippen molar-refractivity contribution in [3.05, 3.63) is 0 Å². The number of hydrogen-bond acceptors (Lipinski definition) is 4. The fourth-order valence-corrected chi connectivity index (χ4v) is 4.80. The van der Waals surface area contributed by atoms with Gasteiger partial charge in [0.1, 0.15) is 12.1 Å². The molecule has 0 radical (unpaired) electrons. The molecule has 0 aromatic heterocycles. The van der Waals surface area contributed by atoms with Crippen molar-refractivity contribution in [2.75, 3.05) is 39.4 Å². The van der Waals surface area contributed by atoms with Gasteiger partial charge in [0.15, 0.2) is 0 Å². The molecule has 0 aromatic carbocycles. The second-order valence-corrected chi connectivity index (χ2v) is 9.10. The minimum Gasteiger partial charge on any atom is -0.447 e. The summed E-state index contributed by atoms with van der Waals surface area (Å²) in [4.78, 5) is 27.1. The highest BCUT2D eigenvalue weighted by molar-refractivity contribution is 5.78. The molecular formula is C17H22F3N3O4. The third-order valence-electron chi connectivity index (χ3n) is 6.80. The van der Waals surface area contributed by atoms with Crippen molar-refractivity contribution in [3.63, 3.8) is 0 Å². The lowest BCUT2D eigenvalue weighted by Gasteiger charge is -2.60. The molecule has 0 atom stereocenters. The number of ether oxygens (including phenoxy) is 2. The van der Waals surface area contributed by atoms with Gasteiger partial charge in [-0.2, -0.15) is 13.2 Å². The Morgan fingerprint density at radius 2 is 1.81 bits per heavy atom. The van der Waals surface area contributed by atoms with Gasteiger partial charge in [0.2, 0.25) is 0 Å². The summed E-state index contributed by atoms with van der Waals surface area (Å²) in [5.41, 5.74) is -2.02. The standard InChI is InChI=1S/C17H22F3N3O4/c18-17(19,20)15(1-2-15)9-26-11-3-14(4-11)5-22(6-14)13(25)23-7-16(8-23)10-27-12(24)21-16/h11H,1-10H2,(H,21,24). The summed E-state index contributed by atoms with van der Waals surface area (Å²) in [6.45, 7) is 2.21. The van der Waals surface area contributed by atoms with Gasteiger partial charge < -0.3 is 24.6 Å². The summed E-state index contributed by atoms with van der Waals surface area (Å²) >= 11 is 0. The van der Waals surface area contributed by atoms with E-state index >= 15 is 0 Å². The number of carbonyl (C=O) groups excluding carboxylic acids is 2. The number of likely N-dealkylation sites (tertiary alicyclic amines) is 2. The minimum atomic E-state index is -4.17. The average molecular weight is 389 g/mol. The van der Waals surface area contributed by atoms with E-state index in [1.807, 2.05) is 0 Å². The van der Waals surface area contributed by atoms with Crippen molar-refractivity contribution in [1.29, 1.82) is 0 Å². The molecule has 3 saturated heterocycles. The number of nitrogens with one attached hydrogen (secondary N) is 1. The molecule has 0 unspecified atom stereocenters. The van der Waals surface area contributed by atoms with E-state index in [0.717, 1.165) is 12.8 Å². The smallest absolute Gasteiger partial charge is 0.407 e. The van der Waals surface area contributed by atoms with E-state index in [2.05, 4.69) is 5.32 Å². The third kappa shape index (κ3) is 2.67. The van der Waals surface area contributed by atoms with Gasteiger partial charge in [0.25, 0.3) is 0 Å². The van der Waals surface area contributed by atoms with E-state index in [9.17, 15) is 22.8 Å². The molecule has 150 valence electrons. The van der Waals surface area contributed by atoms with Crippen LogP contribution < -0.4 is 5.32 Å². The van der Waals surface area contributed by atoms with Crippen LogP contribution in [0.15, 0.2) is 0 Å². The number of urea groups is 1. The zero-order chi connectivity index (χ0) is 19.1. The van der Waals surface area contributed by atoms with Gasteiger partial charge in [-0.3, -0.25) is 0 Å². The van der Waals surface area contributed by atoms with Crippen molar-refractivity contribution in [1.82, 2.24) is 15.1 Å². The first-order valence-electron chi connectivity index (χ1n) is 9.31. The normalized spacial score (nSPS) is 29.7. The van der Waals surface area contributed by atoms with Crippen LogP contribution in [0.25, 0.3) is 0 Å². The number of halogens is 3. The maximum atomic E-state index is 12.9. The molecular weight excluding hydrogens is 367 g/mol. The van der Waals surface area contributed by atoms with E-state index < -0.39 is 23.2 Å². The summed E-state index contributed by atoms with van der Waals surface area (Å²) in [6.07, 6.45) is -2.97. The van der Waals surface area contributed by atoms with Crippen molar-refractivity contribution >= 4 is 12.1 Å². The molecule has 3 aliphatic heterocycles. The molecule has 2 aliphatic carbocycles. The molecule has 27 heavy (non-hydrogen) atoms. The van der Waals surface area contributed by atoms with E-state index in [-0.39, 0.29) is 43.6 Å². The highest BCUT2D eigenvalue weighted by atomic mass is 19.4. The van der Waals surface area contributed by atoms with E-state index in [4.69, 9.17) is 9.47 Å². The number of nitrogens with zero attached hydrogens (tertiary/aromatic N) is 2. The van der Waals surface area contributed by atoms with Crippen LogP contribution in [0.4, 0.5) is 22.8 Å². The third-order valence-corrected chi connectivity index (χ3v) is 6.80. The first kappa shape index (κ1) is 17.4. The first-order chi connectivity index (χ1) is 12.6. The molecule has 0 aromatic rings. The van der Waals surface area contributed by atoms with Crippen LogP contribution in [-0.2, 0) is 9.47 Å². The molecule has 10 heteroatoms. The topological polar surface area (TPSA) is 71.1 Å². The maximum Gasteiger partial charge on any atom is 0.407 e. The van der Waals surface area contributed by atoms with Gasteiger partial charge in [-0.15, -0.1) is 0 Å². The number of carbonyl (C=O) groups is 2. The zero-order valence-corrected chi connectivity index (χ0v) is 14.8. The molecule has 3 amide bonds. The Bertz CT molecular complexity index is 673. The highest BCUT2D eigenvalue weighted by Crippen LogP contribution is 2.59. The predicted octanol–water partition coefficient (Wildman–Crippen LogP) is 1.72. The largest absolute Gasteiger partial charge is 0.447 e. The number of rotatable bonds is 3. The van der Waals surface area contributed by atoms with E-state index in [0.29, 0.717) is 26.2 Å². The highest BCUT2D eigenvalue weighted by Gasteiger charge is 2.64. The Kier molecular flexibility index (Phi) is 3.36. The Labute approximate surface area is 154 Å². The summed E-state index contributed by atoms with van der Waals surface area (Å²) in [7, 11) is 0. The number of hydrogen-bond donors (Lipinski definition) is 1. The van der Waals surface area contributed by atoms with Gasteiger partial charge in [-0.25, -0.2) is 9.59 Å². The van der Waals surface area contributed by atoms with Gasteiger partial charge >= 0.3 is 18.3 Å². The molecule has 5 rings (SSSR count). The van der Waals surface area contributed by atoms with Crippen molar-refractivity contribution in [3.8, 4) is 0 Å². The lowest BCUT2D eigenvalue weighted by molar-refractivity contribution is -0.219. The number of alkyl halides is 3. The van der Waals surface area contributed by atoms with Crippen LogP contribution in [-0.4, -0.2) is 79.1 Å². The molecule has 7 nitrogen and oxygen atoms in total. The number of amides is 3. The van der Waals surface area contributed by atoms with Crippen LogP contribution in [0.5, 0.6) is 0 Å². The van der Waals surface area contributed by atoms with Crippen molar-refractivity contribution in [2.24, 2.45) is 10.8 Å². The molecule has 2 spiro atoms. The van der Waals surface area contributed by atoms with Crippen molar-refractivity contribution < 1.29 is 32.2 Å². The number of alkyl carbamates (subject to hydrolysis) is 1. The monoisotopic (exact) mass is 389 g/mol. The SMILES string of the molecule is O=C1NC2(CO1)CN(C(=O)N1CC3(CC(OCC4(C(F)(F)F)CC4)C3)C1)C2. The second kappa shape index (κ2) is 5.21. The van der Waals surface area contributed by atoms with E-state index in [1.165, 1.54) is 0 Å². The lowest BCUT2D eigenvalue weighted by Crippen LogP contribution is -2.74. The molecule has 0 bridgehead atoms. The zero-order valence-electron chi connectivity index (χ0n) is 14.8. The van der Waals surface area contributed by atoms with Gasteiger partial charge in [0.05, 0.1) is 31.2 Å². The molecule has 5 fully saturated rings. The van der Waals surface area contributed by atoms with Gasteiger partial charge in [0, 0.05) is 18.5 Å². The minimum absolute atomic E-state index is 0.0164. The Hall–Kier alpha value is -1.71. The fraction of sp³-hybridized carbons (Fsp3) is 0.882. The molecule has 1 N–H and O–H groups in total. The quantitative estimate of drug-likeness (QED) is 0.798. The lowest BCUT2D eigenvalue weighted by atomic mass is 9.62.